The Hall–Kier alpha value is -1.24. The van der Waals surface area contributed by atoms with Gasteiger partial charge in [-0.2, -0.15) is 0 Å². The van der Waals surface area contributed by atoms with Crippen molar-refractivity contribution in [3.8, 4) is 0 Å². The second kappa shape index (κ2) is 7.15. The van der Waals surface area contributed by atoms with E-state index in [1.807, 2.05) is 13.8 Å². The molecule has 0 aromatic carbocycles. The molecular weight excluding hydrogens is 277 g/mol. The van der Waals surface area contributed by atoms with E-state index in [-0.39, 0.29) is 18.3 Å². The molecule has 0 radical (unpaired) electrons. The molecule has 1 aromatic rings. The van der Waals surface area contributed by atoms with E-state index in [1.165, 1.54) is 16.8 Å². The highest BCUT2D eigenvalue weighted by Crippen LogP contribution is 2.33. The van der Waals surface area contributed by atoms with Crippen molar-refractivity contribution >= 4 is 0 Å². The molecule has 0 amide bonds. The molecule has 118 valence electrons. The molecule has 6 heteroatoms. The predicted octanol–water partition coefficient (Wildman–Crippen LogP) is 1.91. The molecule has 5 nitrogen and oxygen atoms in total. The molecule has 21 heavy (non-hydrogen) atoms. The fourth-order valence-corrected chi connectivity index (χ4v) is 2.38. The van der Waals surface area contributed by atoms with E-state index >= 15 is 0 Å². The maximum absolute atomic E-state index is 14.6. The first kappa shape index (κ1) is 16.1. The smallest absolute Gasteiger partial charge is 0.252 e. The van der Waals surface area contributed by atoms with Crippen LogP contribution in [0, 0.1) is 0 Å². The van der Waals surface area contributed by atoms with Gasteiger partial charge in [-0.3, -0.25) is 9.36 Å². The molecule has 2 heterocycles. The molecule has 0 spiro atoms. The molecule has 0 saturated carbocycles. The van der Waals surface area contributed by atoms with E-state index in [0.717, 1.165) is 0 Å². The second-order valence-corrected chi connectivity index (χ2v) is 5.26. The first-order chi connectivity index (χ1) is 10.0. The van der Waals surface area contributed by atoms with Gasteiger partial charge in [-0.1, -0.05) is 6.07 Å². The van der Waals surface area contributed by atoms with Crippen LogP contribution in [0.15, 0.2) is 29.2 Å². The van der Waals surface area contributed by atoms with Crippen LogP contribution < -0.4 is 5.56 Å². The summed E-state index contributed by atoms with van der Waals surface area (Å²) in [6.45, 7) is 6.21. The van der Waals surface area contributed by atoms with Crippen LogP contribution in [-0.2, 0) is 14.2 Å². The Morgan fingerprint density at radius 2 is 2.19 bits per heavy atom. The summed E-state index contributed by atoms with van der Waals surface area (Å²) in [4.78, 5) is 11.8. The van der Waals surface area contributed by atoms with Gasteiger partial charge in [0.15, 0.2) is 12.4 Å². The highest BCUT2D eigenvalue weighted by molar-refractivity contribution is 4.98. The molecule has 0 unspecified atom stereocenters. The summed E-state index contributed by atoms with van der Waals surface area (Å²) < 4.78 is 32.5. The van der Waals surface area contributed by atoms with Gasteiger partial charge in [0.05, 0.1) is 12.7 Å². The number of halogens is 1. The molecule has 4 atom stereocenters. The number of alkyl halides is 1. The number of nitrogens with zero attached hydrogens (tertiary/aromatic N) is 1. The Labute approximate surface area is 123 Å². The quantitative estimate of drug-likeness (QED) is 0.805. The Morgan fingerprint density at radius 1 is 1.43 bits per heavy atom. The molecule has 0 N–H and O–H groups in total. The van der Waals surface area contributed by atoms with Gasteiger partial charge in [0.25, 0.3) is 5.56 Å². The zero-order chi connectivity index (χ0) is 15.4. The van der Waals surface area contributed by atoms with E-state index in [4.69, 9.17) is 14.2 Å². The molecule has 2 rings (SSSR count). The molecule has 1 fully saturated rings. The number of aromatic nitrogens is 1. The molecular formula is C15H22FNO4. The number of pyridine rings is 1. The van der Waals surface area contributed by atoms with Crippen LogP contribution in [0.3, 0.4) is 0 Å². The van der Waals surface area contributed by atoms with Crippen molar-refractivity contribution in [1.29, 1.82) is 0 Å². The average Bonchev–Trinajstić information content (AvgIpc) is 2.75. The number of hydrogen-bond acceptors (Lipinski definition) is 4. The van der Waals surface area contributed by atoms with Crippen LogP contribution in [0.4, 0.5) is 4.39 Å². The maximum Gasteiger partial charge on any atom is 0.252 e. The van der Waals surface area contributed by atoms with E-state index < -0.39 is 24.6 Å². The number of rotatable bonds is 6. The predicted molar refractivity (Wildman–Crippen MR) is 76.0 cm³/mol. The highest BCUT2D eigenvalue weighted by atomic mass is 19.1. The lowest BCUT2D eigenvalue weighted by atomic mass is 10.1. The number of ether oxygens (including phenoxy) is 3. The highest BCUT2D eigenvalue weighted by Gasteiger charge is 2.47. The molecule has 1 aliphatic heterocycles. The SMILES string of the molecule is CCO[C@H]1[C@@H](F)[C@H](n2ccccc2=O)O[C@@H]1COC(C)C. The van der Waals surface area contributed by atoms with Gasteiger partial charge < -0.3 is 14.2 Å². The van der Waals surface area contributed by atoms with Gasteiger partial charge in [-0.15, -0.1) is 0 Å². The van der Waals surface area contributed by atoms with Crippen LogP contribution in [0.25, 0.3) is 0 Å². The van der Waals surface area contributed by atoms with Crippen LogP contribution in [0.1, 0.15) is 27.0 Å². The second-order valence-electron chi connectivity index (χ2n) is 5.26. The van der Waals surface area contributed by atoms with Crippen LogP contribution in [0.2, 0.25) is 0 Å². The molecule has 1 saturated heterocycles. The summed E-state index contributed by atoms with van der Waals surface area (Å²) in [5, 5.41) is 0. The number of hydrogen-bond donors (Lipinski definition) is 0. The normalized spacial score (nSPS) is 29.2. The topological polar surface area (TPSA) is 49.7 Å². The summed E-state index contributed by atoms with van der Waals surface area (Å²) in [7, 11) is 0. The third-order valence-corrected chi connectivity index (χ3v) is 3.35. The van der Waals surface area contributed by atoms with Gasteiger partial charge in [0.1, 0.15) is 12.2 Å². The Balaban J connectivity index is 2.17. The molecule has 1 aromatic heterocycles. The fourth-order valence-electron chi connectivity index (χ4n) is 2.38. The Bertz CT molecular complexity index is 504. The summed E-state index contributed by atoms with van der Waals surface area (Å²) in [5.41, 5.74) is -0.300. The minimum Gasteiger partial charge on any atom is -0.376 e. The van der Waals surface area contributed by atoms with Gasteiger partial charge in [0.2, 0.25) is 0 Å². The van der Waals surface area contributed by atoms with Crippen molar-refractivity contribution in [3.63, 3.8) is 0 Å². The fraction of sp³-hybridized carbons (Fsp3) is 0.667. The lowest BCUT2D eigenvalue weighted by molar-refractivity contribution is -0.0855. The van der Waals surface area contributed by atoms with Gasteiger partial charge >= 0.3 is 0 Å². The zero-order valence-corrected chi connectivity index (χ0v) is 12.6. The summed E-state index contributed by atoms with van der Waals surface area (Å²) in [5.74, 6) is 0. The van der Waals surface area contributed by atoms with Crippen molar-refractivity contribution in [2.75, 3.05) is 13.2 Å². The van der Waals surface area contributed by atoms with Crippen molar-refractivity contribution in [1.82, 2.24) is 4.57 Å². The van der Waals surface area contributed by atoms with E-state index in [9.17, 15) is 9.18 Å². The van der Waals surface area contributed by atoms with Gasteiger partial charge in [-0.25, -0.2) is 4.39 Å². The van der Waals surface area contributed by atoms with Crippen molar-refractivity contribution in [3.05, 3.63) is 34.7 Å². The first-order valence-corrected chi connectivity index (χ1v) is 7.24. The van der Waals surface area contributed by atoms with E-state index in [1.54, 1.807) is 19.1 Å². The lowest BCUT2D eigenvalue weighted by Gasteiger charge is -2.19. The zero-order valence-electron chi connectivity index (χ0n) is 12.6. The minimum atomic E-state index is -1.41. The van der Waals surface area contributed by atoms with Gasteiger partial charge in [0, 0.05) is 18.9 Å². The van der Waals surface area contributed by atoms with Gasteiger partial charge in [-0.05, 0) is 26.8 Å². The third-order valence-electron chi connectivity index (χ3n) is 3.35. The molecule has 0 aliphatic carbocycles. The molecule has 0 bridgehead atoms. The van der Waals surface area contributed by atoms with Crippen molar-refractivity contribution in [2.24, 2.45) is 0 Å². The minimum absolute atomic E-state index is 0.0208. The summed E-state index contributed by atoms with van der Waals surface area (Å²) in [6.07, 6.45) is -2.10. The maximum atomic E-state index is 14.6. The standard InChI is InChI=1S/C15H22FNO4/c1-4-19-14-11(9-20-10(2)3)21-15(13(14)16)17-8-6-5-7-12(17)18/h5-8,10-11,13-15H,4,9H2,1-3H3/t11-,13-,14-,15-/m1/s1. The van der Waals surface area contributed by atoms with Crippen LogP contribution >= 0.6 is 0 Å². The monoisotopic (exact) mass is 299 g/mol. The molecule has 1 aliphatic rings. The Kier molecular flexibility index (Phi) is 5.50. The Morgan fingerprint density at radius 3 is 2.81 bits per heavy atom. The van der Waals surface area contributed by atoms with Crippen LogP contribution in [0.5, 0.6) is 0 Å². The average molecular weight is 299 g/mol. The summed E-state index contributed by atoms with van der Waals surface area (Å²) >= 11 is 0. The largest absolute Gasteiger partial charge is 0.376 e. The third kappa shape index (κ3) is 3.70. The van der Waals surface area contributed by atoms with E-state index in [0.29, 0.717) is 6.61 Å². The van der Waals surface area contributed by atoms with Crippen LogP contribution in [-0.4, -0.2) is 42.3 Å². The summed E-state index contributed by atoms with van der Waals surface area (Å²) in [6, 6.07) is 4.66. The lowest BCUT2D eigenvalue weighted by Crippen LogP contribution is -2.35. The van der Waals surface area contributed by atoms with Crippen molar-refractivity contribution < 1.29 is 18.6 Å². The first-order valence-electron chi connectivity index (χ1n) is 7.24. The van der Waals surface area contributed by atoms with E-state index in [2.05, 4.69) is 0 Å². The van der Waals surface area contributed by atoms with Crippen molar-refractivity contribution in [2.45, 2.75) is 51.5 Å².